The molecule has 0 spiro atoms. The number of benzene rings is 1. The van der Waals surface area contributed by atoms with Gasteiger partial charge in [-0.25, -0.2) is 0 Å². The third-order valence-corrected chi connectivity index (χ3v) is 6.18. The molecule has 1 amide bonds. The summed E-state index contributed by atoms with van der Waals surface area (Å²) in [6.45, 7) is 7.68. The smallest absolute Gasteiger partial charge is 0.261 e. The minimum atomic E-state index is -0.0381. The first-order valence-electron chi connectivity index (χ1n) is 11.7. The molecule has 0 saturated carbocycles. The number of anilines is 1. The van der Waals surface area contributed by atoms with Crippen LogP contribution in [-0.2, 0) is 4.74 Å². The van der Waals surface area contributed by atoms with Gasteiger partial charge in [-0.1, -0.05) is 6.07 Å². The lowest BCUT2D eigenvalue weighted by molar-refractivity contribution is 0.0771. The van der Waals surface area contributed by atoms with E-state index < -0.39 is 0 Å². The number of amides is 1. The zero-order chi connectivity index (χ0) is 23.9. The molecule has 2 aromatic rings. The lowest BCUT2D eigenvalue weighted by Crippen LogP contribution is -2.47. The Kier molecular flexibility index (Phi) is 7.97. The number of ether oxygens (including phenoxy) is 3. The van der Waals surface area contributed by atoms with E-state index in [9.17, 15) is 4.79 Å². The summed E-state index contributed by atoms with van der Waals surface area (Å²) < 4.78 is 16.3. The summed E-state index contributed by atoms with van der Waals surface area (Å²) in [5, 5.41) is 0. The first-order valence-corrected chi connectivity index (χ1v) is 11.7. The number of fused-ring (bicyclic) bond motifs is 1. The lowest BCUT2D eigenvalue weighted by atomic mass is 10.1. The van der Waals surface area contributed by atoms with Gasteiger partial charge in [0.2, 0.25) is 5.88 Å². The molecular weight excluding hydrogens is 434 g/mol. The Labute approximate surface area is 200 Å². The number of methoxy groups -OCH3 is 2. The molecule has 0 unspecified atom stereocenters. The predicted molar refractivity (Wildman–Crippen MR) is 129 cm³/mol. The summed E-state index contributed by atoms with van der Waals surface area (Å²) in [4.78, 5) is 28.4. The second-order valence-corrected chi connectivity index (χ2v) is 8.57. The highest BCUT2D eigenvalue weighted by molar-refractivity contribution is 5.98. The molecule has 182 valence electrons. The number of aromatic nitrogens is 2. The lowest BCUT2D eigenvalue weighted by Gasteiger charge is -2.35. The van der Waals surface area contributed by atoms with Crippen LogP contribution in [-0.4, -0.2) is 85.8 Å². The van der Waals surface area contributed by atoms with Gasteiger partial charge in [-0.2, -0.15) is 4.98 Å². The van der Waals surface area contributed by atoms with E-state index in [2.05, 4.69) is 19.8 Å². The van der Waals surface area contributed by atoms with Crippen LogP contribution in [0.5, 0.6) is 11.6 Å². The molecule has 9 nitrogen and oxygen atoms in total. The van der Waals surface area contributed by atoms with Gasteiger partial charge in [0.25, 0.3) is 5.91 Å². The Hall–Kier alpha value is -3.17. The molecule has 4 rings (SSSR count). The van der Waals surface area contributed by atoms with Gasteiger partial charge in [0, 0.05) is 39.8 Å². The summed E-state index contributed by atoms with van der Waals surface area (Å²) in [5.41, 5.74) is 2.39. The molecule has 0 radical (unpaired) electrons. The molecule has 0 N–H and O–H groups in total. The standard InChI is InChI=1S/C25H33N5O4/c1-19-6-7-21-22(14-19)34-18-20(17-32-2)30(25(21)31)9-5-4-8-28-10-12-29(13-11-28)23-15-26-16-24(27-23)33-3/h6-7,14-16,18H,4-5,8-13,17H2,1-3H3. The topological polar surface area (TPSA) is 80.3 Å². The number of carbonyl (C=O) groups is 1. The Balaban J connectivity index is 1.28. The maximum atomic E-state index is 13.3. The van der Waals surface area contributed by atoms with Gasteiger partial charge < -0.3 is 24.0 Å². The van der Waals surface area contributed by atoms with E-state index in [1.807, 2.05) is 25.1 Å². The fraction of sp³-hybridized carbons (Fsp3) is 0.480. The zero-order valence-electron chi connectivity index (χ0n) is 20.2. The molecule has 0 bridgehead atoms. The van der Waals surface area contributed by atoms with Crippen molar-refractivity contribution < 1.29 is 19.0 Å². The molecule has 1 aromatic carbocycles. The Bertz CT molecular complexity index is 1020. The highest BCUT2D eigenvalue weighted by Gasteiger charge is 2.26. The Morgan fingerprint density at radius 1 is 1.06 bits per heavy atom. The van der Waals surface area contributed by atoms with Crippen molar-refractivity contribution in [1.82, 2.24) is 19.8 Å². The van der Waals surface area contributed by atoms with E-state index in [4.69, 9.17) is 14.2 Å². The van der Waals surface area contributed by atoms with Crippen molar-refractivity contribution in [2.45, 2.75) is 19.8 Å². The van der Waals surface area contributed by atoms with Crippen LogP contribution in [0.4, 0.5) is 5.82 Å². The predicted octanol–water partition coefficient (Wildman–Crippen LogP) is 2.72. The van der Waals surface area contributed by atoms with Gasteiger partial charge in [-0.3, -0.25) is 14.7 Å². The molecule has 3 heterocycles. The van der Waals surface area contributed by atoms with Crippen molar-refractivity contribution in [1.29, 1.82) is 0 Å². The third kappa shape index (κ3) is 5.66. The molecule has 2 aliphatic heterocycles. The first kappa shape index (κ1) is 24.0. The number of hydrogen-bond acceptors (Lipinski definition) is 8. The molecular formula is C25H33N5O4. The van der Waals surface area contributed by atoms with Crippen LogP contribution in [0.3, 0.4) is 0 Å². The second kappa shape index (κ2) is 11.3. The van der Waals surface area contributed by atoms with E-state index in [-0.39, 0.29) is 5.91 Å². The SMILES string of the molecule is COCC1=COc2cc(C)ccc2C(=O)N1CCCCN1CCN(c2cncc(OC)n2)CC1. The molecule has 34 heavy (non-hydrogen) atoms. The minimum Gasteiger partial charge on any atom is -0.480 e. The minimum absolute atomic E-state index is 0.0381. The van der Waals surface area contributed by atoms with Gasteiger partial charge in [0.1, 0.15) is 12.0 Å². The largest absolute Gasteiger partial charge is 0.480 e. The van der Waals surface area contributed by atoms with Crippen molar-refractivity contribution in [2.24, 2.45) is 0 Å². The second-order valence-electron chi connectivity index (χ2n) is 8.57. The number of aryl methyl sites for hydroxylation is 1. The van der Waals surface area contributed by atoms with Crippen LogP contribution in [0.1, 0.15) is 28.8 Å². The Morgan fingerprint density at radius 2 is 1.85 bits per heavy atom. The van der Waals surface area contributed by atoms with Crippen molar-refractivity contribution >= 4 is 11.7 Å². The van der Waals surface area contributed by atoms with Gasteiger partial charge in [-0.05, 0) is 44.0 Å². The van der Waals surface area contributed by atoms with Gasteiger partial charge >= 0.3 is 0 Å². The maximum absolute atomic E-state index is 13.3. The summed E-state index contributed by atoms with van der Waals surface area (Å²) in [7, 11) is 3.23. The molecule has 0 aliphatic carbocycles. The summed E-state index contributed by atoms with van der Waals surface area (Å²) in [6, 6.07) is 5.68. The number of carbonyl (C=O) groups excluding carboxylic acids is 1. The maximum Gasteiger partial charge on any atom is 0.261 e. The van der Waals surface area contributed by atoms with Crippen LogP contribution in [0.25, 0.3) is 0 Å². The van der Waals surface area contributed by atoms with Crippen LogP contribution >= 0.6 is 0 Å². The molecule has 9 heteroatoms. The average Bonchev–Trinajstić information content (AvgIpc) is 2.98. The van der Waals surface area contributed by atoms with E-state index in [1.54, 1.807) is 37.8 Å². The van der Waals surface area contributed by atoms with Crippen LogP contribution in [0.15, 0.2) is 42.6 Å². The number of rotatable bonds is 9. The van der Waals surface area contributed by atoms with Crippen molar-refractivity contribution in [3.8, 4) is 11.6 Å². The summed E-state index contributed by atoms with van der Waals surface area (Å²) >= 11 is 0. The quantitative estimate of drug-likeness (QED) is 0.521. The van der Waals surface area contributed by atoms with E-state index in [0.29, 0.717) is 30.3 Å². The summed E-state index contributed by atoms with van der Waals surface area (Å²) in [5.74, 6) is 1.95. The highest BCUT2D eigenvalue weighted by atomic mass is 16.5. The average molecular weight is 468 g/mol. The van der Waals surface area contributed by atoms with Crippen molar-refractivity contribution in [2.75, 3.05) is 65.0 Å². The molecule has 0 atom stereocenters. The van der Waals surface area contributed by atoms with E-state index in [1.165, 1.54) is 0 Å². The number of hydrogen-bond donors (Lipinski definition) is 0. The summed E-state index contributed by atoms with van der Waals surface area (Å²) in [6.07, 6.45) is 6.95. The van der Waals surface area contributed by atoms with Crippen LogP contribution in [0, 0.1) is 6.92 Å². The van der Waals surface area contributed by atoms with Crippen LogP contribution < -0.4 is 14.4 Å². The Morgan fingerprint density at radius 3 is 2.62 bits per heavy atom. The molecule has 2 aliphatic rings. The molecule has 1 saturated heterocycles. The van der Waals surface area contributed by atoms with Gasteiger partial charge in [-0.15, -0.1) is 0 Å². The van der Waals surface area contributed by atoms with Crippen LogP contribution in [0.2, 0.25) is 0 Å². The number of piperazine rings is 1. The fourth-order valence-corrected chi connectivity index (χ4v) is 4.27. The van der Waals surface area contributed by atoms with Gasteiger partial charge in [0.05, 0.1) is 37.4 Å². The first-order chi connectivity index (χ1) is 16.6. The van der Waals surface area contributed by atoms with Gasteiger partial charge in [0.15, 0.2) is 5.82 Å². The zero-order valence-corrected chi connectivity index (χ0v) is 20.2. The number of unbranched alkanes of at least 4 members (excludes halogenated alkanes) is 1. The molecule has 1 fully saturated rings. The fourth-order valence-electron chi connectivity index (χ4n) is 4.27. The van der Waals surface area contributed by atoms with Crippen molar-refractivity contribution in [3.63, 3.8) is 0 Å². The third-order valence-electron chi connectivity index (χ3n) is 6.18. The van der Waals surface area contributed by atoms with E-state index >= 15 is 0 Å². The monoisotopic (exact) mass is 467 g/mol. The van der Waals surface area contributed by atoms with E-state index in [0.717, 1.165) is 62.6 Å². The normalized spacial score (nSPS) is 16.6. The highest BCUT2D eigenvalue weighted by Crippen LogP contribution is 2.27. The molecule has 1 aromatic heterocycles. The number of nitrogens with zero attached hydrogens (tertiary/aromatic N) is 5. The van der Waals surface area contributed by atoms with Crippen molar-refractivity contribution in [3.05, 3.63) is 53.7 Å².